The summed E-state index contributed by atoms with van der Waals surface area (Å²) in [7, 11) is 0. The lowest BCUT2D eigenvalue weighted by Gasteiger charge is -2.22. The quantitative estimate of drug-likeness (QED) is 0.474. The summed E-state index contributed by atoms with van der Waals surface area (Å²) in [5.74, 6) is -0.722. The Morgan fingerprint density at radius 1 is 1.20 bits per heavy atom. The molecule has 0 aliphatic carbocycles. The number of benzene rings is 2. The van der Waals surface area contributed by atoms with Gasteiger partial charge < -0.3 is 15.7 Å². The molecule has 0 spiro atoms. The van der Waals surface area contributed by atoms with Gasteiger partial charge in [-0.1, -0.05) is 36.4 Å². The van der Waals surface area contributed by atoms with Crippen LogP contribution in [0, 0.1) is 0 Å². The van der Waals surface area contributed by atoms with Crippen molar-refractivity contribution in [1.29, 1.82) is 0 Å². The van der Waals surface area contributed by atoms with E-state index < -0.39 is 5.92 Å². The van der Waals surface area contributed by atoms with Gasteiger partial charge >= 0.3 is 0 Å². The number of carbonyl (C=O) groups is 1. The first-order valence-electron chi connectivity index (χ1n) is 9.63. The average molecular weight is 419 g/mol. The molecule has 1 unspecified atom stereocenters. The first-order valence-corrected chi connectivity index (χ1v) is 10.4. The Kier molecular flexibility index (Phi) is 6.11. The molecule has 3 N–H and O–H groups in total. The van der Waals surface area contributed by atoms with E-state index in [2.05, 4.69) is 9.38 Å². The number of aliphatic hydroxyl groups is 1. The van der Waals surface area contributed by atoms with Gasteiger partial charge in [-0.2, -0.15) is 0 Å². The minimum absolute atomic E-state index is 0.135. The first kappa shape index (κ1) is 20.1. The molecular weight excluding hydrogens is 396 g/mol. The molecule has 152 valence electrons. The van der Waals surface area contributed by atoms with Crippen LogP contribution >= 0.6 is 11.9 Å². The van der Waals surface area contributed by atoms with Crippen molar-refractivity contribution < 1.29 is 9.90 Å². The molecule has 1 aliphatic heterocycles. The predicted molar refractivity (Wildman–Crippen MR) is 120 cm³/mol. The van der Waals surface area contributed by atoms with Gasteiger partial charge in [0, 0.05) is 52.5 Å². The van der Waals surface area contributed by atoms with Gasteiger partial charge in [-0.3, -0.25) is 9.78 Å². The number of nitrogens with zero attached hydrogens (tertiary/aromatic N) is 3. The van der Waals surface area contributed by atoms with Crippen LogP contribution < -0.4 is 5.73 Å². The summed E-state index contributed by atoms with van der Waals surface area (Å²) in [5.41, 5.74) is 9.35. The maximum atomic E-state index is 12.9. The number of carbonyl (C=O) groups excluding carboxylic acids is 1. The molecule has 3 aromatic rings. The highest BCUT2D eigenvalue weighted by Gasteiger charge is 2.29. The van der Waals surface area contributed by atoms with Crippen molar-refractivity contribution >= 4 is 35.0 Å². The van der Waals surface area contributed by atoms with Crippen molar-refractivity contribution in [2.24, 2.45) is 10.1 Å². The fourth-order valence-corrected chi connectivity index (χ4v) is 4.05. The number of nitrogens with two attached hydrogens (primary N) is 1. The summed E-state index contributed by atoms with van der Waals surface area (Å²) in [4.78, 5) is 19.9. The molecular formula is C23H22N4O2S. The van der Waals surface area contributed by atoms with E-state index in [0.29, 0.717) is 18.8 Å². The highest BCUT2D eigenvalue weighted by Crippen LogP contribution is 2.25. The average Bonchev–Trinajstić information content (AvgIpc) is 3.15. The Morgan fingerprint density at radius 3 is 2.83 bits per heavy atom. The van der Waals surface area contributed by atoms with E-state index in [1.54, 1.807) is 17.3 Å². The van der Waals surface area contributed by atoms with Crippen molar-refractivity contribution in [2.75, 3.05) is 19.7 Å². The van der Waals surface area contributed by atoms with Gasteiger partial charge in [0.1, 0.15) is 0 Å². The molecule has 0 saturated heterocycles. The molecule has 2 heterocycles. The zero-order valence-corrected chi connectivity index (χ0v) is 17.1. The van der Waals surface area contributed by atoms with E-state index in [9.17, 15) is 9.90 Å². The van der Waals surface area contributed by atoms with Crippen LogP contribution in [0.15, 0.2) is 87.4 Å². The number of amides is 1. The SMILES string of the molecule is NC1=C(/C=N/Sc2ccc3ncccc3c2)CN(C(=O)C(CO)c2ccccc2)C1. The molecule has 0 saturated carbocycles. The number of aliphatic hydroxyl groups excluding tert-OH is 1. The molecule has 7 heteroatoms. The van der Waals surface area contributed by atoms with Gasteiger partial charge in [0.05, 0.1) is 24.6 Å². The number of hydrogen-bond donors (Lipinski definition) is 2. The van der Waals surface area contributed by atoms with E-state index >= 15 is 0 Å². The molecule has 30 heavy (non-hydrogen) atoms. The Bertz CT molecular complexity index is 1110. The third-order valence-corrected chi connectivity index (χ3v) is 5.75. The summed E-state index contributed by atoms with van der Waals surface area (Å²) < 4.78 is 4.44. The van der Waals surface area contributed by atoms with Crippen LogP contribution in [-0.2, 0) is 4.79 Å². The maximum Gasteiger partial charge on any atom is 0.233 e. The largest absolute Gasteiger partial charge is 0.400 e. The molecule has 4 rings (SSSR count). The van der Waals surface area contributed by atoms with Gasteiger partial charge in [0.15, 0.2) is 0 Å². The standard InChI is InChI=1S/C23H22N4O2S/c24-21-14-27(23(29)20(15-28)16-5-2-1-3-6-16)13-18(21)12-26-30-19-8-9-22-17(11-19)7-4-10-25-22/h1-12,20,28H,13-15,24H2/b26-12+. The van der Waals surface area contributed by atoms with Crippen LogP contribution in [0.2, 0.25) is 0 Å². The van der Waals surface area contributed by atoms with Crippen molar-refractivity contribution in [2.45, 2.75) is 10.8 Å². The fourth-order valence-electron chi connectivity index (χ4n) is 3.44. The van der Waals surface area contributed by atoms with Gasteiger partial charge in [0.2, 0.25) is 5.91 Å². The molecule has 1 aromatic heterocycles. The lowest BCUT2D eigenvalue weighted by Crippen LogP contribution is -2.36. The third-order valence-electron chi connectivity index (χ3n) is 5.07. The summed E-state index contributed by atoms with van der Waals surface area (Å²) in [6.45, 7) is 0.491. The lowest BCUT2D eigenvalue weighted by molar-refractivity contribution is -0.132. The smallest absolute Gasteiger partial charge is 0.233 e. The maximum absolute atomic E-state index is 12.9. The third kappa shape index (κ3) is 4.37. The van der Waals surface area contributed by atoms with Crippen molar-refractivity contribution in [3.63, 3.8) is 0 Å². The number of pyridine rings is 1. The molecule has 1 amide bonds. The molecule has 0 fully saturated rings. The Hall–Kier alpha value is -3.16. The molecule has 2 aromatic carbocycles. The van der Waals surface area contributed by atoms with E-state index in [1.165, 1.54) is 11.9 Å². The van der Waals surface area contributed by atoms with Crippen LogP contribution in [0.3, 0.4) is 0 Å². The topological polar surface area (TPSA) is 91.8 Å². The lowest BCUT2D eigenvalue weighted by atomic mass is 9.98. The number of hydrogen-bond acceptors (Lipinski definition) is 6. The van der Waals surface area contributed by atoms with E-state index in [0.717, 1.165) is 26.9 Å². The minimum atomic E-state index is -0.587. The molecule has 0 bridgehead atoms. The van der Waals surface area contributed by atoms with Crippen LogP contribution in [0.25, 0.3) is 10.9 Å². The van der Waals surface area contributed by atoms with Crippen LogP contribution in [0.1, 0.15) is 11.5 Å². The molecule has 6 nitrogen and oxygen atoms in total. The second-order valence-electron chi connectivity index (χ2n) is 7.07. The number of rotatable bonds is 6. The van der Waals surface area contributed by atoms with Gasteiger partial charge in [-0.15, -0.1) is 0 Å². The monoisotopic (exact) mass is 418 g/mol. The zero-order chi connectivity index (χ0) is 20.9. The number of aromatic nitrogens is 1. The summed E-state index contributed by atoms with van der Waals surface area (Å²) in [5, 5.41) is 10.8. The van der Waals surface area contributed by atoms with Crippen molar-refractivity contribution in [3.05, 3.63) is 83.7 Å². The normalized spacial score (nSPS) is 15.3. The van der Waals surface area contributed by atoms with Gasteiger partial charge in [-0.05, 0) is 29.8 Å². The summed E-state index contributed by atoms with van der Waals surface area (Å²) >= 11 is 1.35. The van der Waals surface area contributed by atoms with Crippen molar-refractivity contribution in [1.82, 2.24) is 9.88 Å². The van der Waals surface area contributed by atoms with Gasteiger partial charge in [0.25, 0.3) is 0 Å². The second-order valence-corrected chi connectivity index (χ2v) is 7.94. The number of fused-ring (bicyclic) bond motifs is 1. The van der Waals surface area contributed by atoms with Crippen LogP contribution in [-0.4, -0.2) is 46.8 Å². The molecule has 0 radical (unpaired) electrons. The van der Waals surface area contributed by atoms with E-state index in [-0.39, 0.29) is 12.5 Å². The Morgan fingerprint density at radius 2 is 2.03 bits per heavy atom. The highest BCUT2D eigenvalue weighted by molar-refractivity contribution is 7.98. The van der Waals surface area contributed by atoms with Crippen LogP contribution in [0.4, 0.5) is 0 Å². The summed E-state index contributed by atoms with van der Waals surface area (Å²) in [6.07, 6.45) is 3.49. The highest BCUT2D eigenvalue weighted by atomic mass is 32.2. The fraction of sp³-hybridized carbons (Fsp3) is 0.174. The Balaban J connectivity index is 1.40. The molecule has 1 atom stereocenters. The molecule has 1 aliphatic rings. The van der Waals surface area contributed by atoms with E-state index in [4.69, 9.17) is 5.73 Å². The van der Waals surface area contributed by atoms with E-state index in [1.807, 2.05) is 60.7 Å². The Labute approximate surface area is 179 Å². The zero-order valence-electron chi connectivity index (χ0n) is 16.3. The van der Waals surface area contributed by atoms with Crippen LogP contribution in [0.5, 0.6) is 0 Å². The summed E-state index contributed by atoms with van der Waals surface area (Å²) in [6, 6.07) is 19.2. The predicted octanol–water partition coefficient (Wildman–Crippen LogP) is 3.14. The van der Waals surface area contributed by atoms with Crippen molar-refractivity contribution in [3.8, 4) is 0 Å². The van der Waals surface area contributed by atoms with Gasteiger partial charge in [-0.25, -0.2) is 4.40 Å². The first-order chi connectivity index (χ1) is 14.7. The second kappa shape index (κ2) is 9.11. The minimum Gasteiger partial charge on any atom is -0.400 e.